The van der Waals surface area contributed by atoms with Crippen LogP contribution in [-0.2, 0) is 16.1 Å². The lowest BCUT2D eigenvalue weighted by Gasteiger charge is -2.42. The molecular formula is C19H30Cl2FN3O3. The number of piperazine rings is 1. The predicted molar refractivity (Wildman–Crippen MR) is 111 cm³/mol. The minimum Gasteiger partial charge on any atom is -0.494 e. The maximum Gasteiger partial charge on any atom is 0.254 e. The van der Waals surface area contributed by atoms with Crippen LogP contribution in [0.4, 0.5) is 4.39 Å². The van der Waals surface area contributed by atoms with Gasteiger partial charge >= 0.3 is 0 Å². The number of carbonyl (C=O) groups is 1. The molecule has 28 heavy (non-hydrogen) atoms. The Labute approximate surface area is 178 Å². The van der Waals surface area contributed by atoms with Crippen molar-refractivity contribution in [2.24, 2.45) is 0 Å². The van der Waals surface area contributed by atoms with Crippen molar-refractivity contribution in [2.45, 2.75) is 25.0 Å². The lowest BCUT2D eigenvalue weighted by Crippen LogP contribution is -2.59. The quantitative estimate of drug-likeness (QED) is 0.763. The van der Waals surface area contributed by atoms with E-state index in [4.69, 9.17) is 9.47 Å². The first-order valence-corrected chi connectivity index (χ1v) is 9.18. The molecule has 6 nitrogen and oxygen atoms in total. The summed E-state index contributed by atoms with van der Waals surface area (Å²) < 4.78 is 24.5. The Morgan fingerprint density at radius 3 is 2.32 bits per heavy atom. The Bertz CT molecular complexity index is 637. The Balaban J connectivity index is 0.00000196. The highest BCUT2D eigenvalue weighted by Gasteiger charge is 2.42. The second kappa shape index (κ2) is 11.2. The Morgan fingerprint density at radius 1 is 1.14 bits per heavy atom. The maximum absolute atomic E-state index is 13.8. The van der Waals surface area contributed by atoms with Crippen molar-refractivity contribution in [2.75, 3.05) is 53.5 Å². The highest BCUT2D eigenvalue weighted by atomic mass is 35.5. The number of hydrogen-bond acceptors (Lipinski definition) is 5. The average Bonchev–Trinajstić information content (AvgIpc) is 2.69. The van der Waals surface area contributed by atoms with Crippen LogP contribution in [0.15, 0.2) is 18.2 Å². The van der Waals surface area contributed by atoms with Crippen molar-refractivity contribution in [3.63, 3.8) is 0 Å². The van der Waals surface area contributed by atoms with Crippen molar-refractivity contribution in [3.05, 3.63) is 29.6 Å². The van der Waals surface area contributed by atoms with Crippen LogP contribution in [0.3, 0.4) is 0 Å². The molecule has 0 bridgehead atoms. The van der Waals surface area contributed by atoms with Crippen LogP contribution < -0.4 is 10.1 Å². The molecule has 0 atom stereocenters. The smallest absolute Gasteiger partial charge is 0.254 e. The highest BCUT2D eigenvalue weighted by molar-refractivity contribution is 5.86. The molecule has 0 spiro atoms. The topological polar surface area (TPSA) is 54.0 Å². The monoisotopic (exact) mass is 437 g/mol. The number of rotatable bonds is 5. The molecule has 9 heteroatoms. The third kappa shape index (κ3) is 5.48. The Kier molecular flexibility index (Phi) is 9.94. The van der Waals surface area contributed by atoms with Crippen molar-refractivity contribution >= 4 is 30.7 Å². The summed E-state index contributed by atoms with van der Waals surface area (Å²) in [5, 5.41) is 3.28. The second-order valence-electron chi connectivity index (χ2n) is 6.99. The van der Waals surface area contributed by atoms with Gasteiger partial charge in [0.05, 0.1) is 7.11 Å². The standard InChI is InChI=1S/C19H28FN3O3.2ClH/c1-25-17-4-3-15(13-16(17)20)14-22-9-11-23(12-10-22)18(24)19(26-2)5-7-21-8-6-19;;/h3-4,13,21H,5-12,14H2,1-2H3;2*1H. The number of ether oxygens (including phenoxy) is 2. The van der Waals surface area contributed by atoms with Gasteiger partial charge in [-0.05, 0) is 43.6 Å². The lowest BCUT2D eigenvalue weighted by molar-refractivity contribution is -0.160. The number of hydrogen-bond donors (Lipinski definition) is 1. The van der Waals surface area contributed by atoms with Gasteiger partial charge in [-0.2, -0.15) is 0 Å². The van der Waals surface area contributed by atoms with E-state index < -0.39 is 5.60 Å². The summed E-state index contributed by atoms with van der Waals surface area (Å²) in [5.74, 6) is 0.0272. The number of amides is 1. The van der Waals surface area contributed by atoms with Gasteiger partial charge in [0.2, 0.25) is 0 Å². The Hall–Kier alpha value is -1.12. The van der Waals surface area contributed by atoms with E-state index in [9.17, 15) is 9.18 Å². The van der Waals surface area contributed by atoms with E-state index in [2.05, 4.69) is 10.2 Å². The van der Waals surface area contributed by atoms with E-state index >= 15 is 0 Å². The van der Waals surface area contributed by atoms with Crippen LogP contribution in [0, 0.1) is 5.82 Å². The van der Waals surface area contributed by atoms with Crippen molar-refractivity contribution in [3.8, 4) is 5.75 Å². The summed E-state index contributed by atoms with van der Waals surface area (Å²) in [7, 11) is 3.10. The van der Waals surface area contributed by atoms with Gasteiger partial charge in [-0.1, -0.05) is 6.07 Å². The molecule has 0 saturated carbocycles. The van der Waals surface area contributed by atoms with E-state index in [1.807, 2.05) is 11.0 Å². The lowest BCUT2D eigenvalue weighted by atomic mass is 9.90. The third-order valence-electron chi connectivity index (χ3n) is 5.47. The fourth-order valence-electron chi connectivity index (χ4n) is 3.80. The molecule has 0 aliphatic carbocycles. The molecule has 0 aromatic heterocycles. The average molecular weight is 438 g/mol. The number of piperidine rings is 1. The van der Waals surface area contributed by atoms with Crippen molar-refractivity contribution < 1.29 is 18.7 Å². The highest BCUT2D eigenvalue weighted by Crippen LogP contribution is 2.26. The number of benzene rings is 1. The first kappa shape index (κ1) is 24.9. The van der Waals surface area contributed by atoms with E-state index in [1.165, 1.54) is 13.2 Å². The van der Waals surface area contributed by atoms with Crippen LogP contribution in [0.5, 0.6) is 5.75 Å². The Morgan fingerprint density at radius 2 is 1.79 bits per heavy atom. The molecular weight excluding hydrogens is 408 g/mol. The van der Waals surface area contributed by atoms with E-state index in [1.54, 1.807) is 13.2 Å². The molecule has 1 aromatic carbocycles. The van der Waals surface area contributed by atoms with Gasteiger partial charge in [0.25, 0.3) is 5.91 Å². The second-order valence-corrected chi connectivity index (χ2v) is 6.99. The summed E-state index contributed by atoms with van der Waals surface area (Å²) in [5.41, 5.74) is 0.238. The number of halogens is 3. The van der Waals surface area contributed by atoms with Gasteiger partial charge in [-0.15, -0.1) is 24.8 Å². The zero-order chi connectivity index (χ0) is 18.6. The van der Waals surface area contributed by atoms with Crippen LogP contribution in [0.25, 0.3) is 0 Å². The summed E-state index contributed by atoms with van der Waals surface area (Å²) in [4.78, 5) is 17.1. The molecule has 1 N–H and O–H groups in total. The molecule has 0 radical (unpaired) electrons. The first-order chi connectivity index (χ1) is 12.6. The van der Waals surface area contributed by atoms with Crippen LogP contribution in [0.1, 0.15) is 18.4 Å². The number of nitrogens with zero attached hydrogens (tertiary/aromatic N) is 2. The molecule has 2 aliphatic rings. The zero-order valence-electron chi connectivity index (χ0n) is 16.4. The normalized spacial score (nSPS) is 19.3. The van der Waals surface area contributed by atoms with Gasteiger partial charge in [-0.25, -0.2) is 4.39 Å². The van der Waals surface area contributed by atoms with Gasteiger partial charge < -0.3 is 19.7 Å². The largest absolute Gasteiger partial charge is 0.494 e. The van der Waals surface area contributed by atoms with Gasteiger partial charge in [-0.3, -0.25) is 9.69 Å². The zero-order valence-corrected chi connectivity index (χ0v) is 18.0. The summed E-state index contributed by atoms with van der Waals surface area (Å²) >= 11 is 0. The van der Waals surface area contributed by atoms with E-state index in [0.29, 0.717) is 32.5 Å². The summed E-state index contributed by atoms with van der Waals surface area (Å²) in [6, 6.07) is 5.06. The van der Waals surface area contributed by atoms with Crippen molar-refractivity contribution in [1.82, 2.24) is 15.1 Å². The van der Waals surface area contributed by atoms with E-state index in [0.717, 1.165) is 31.7 Å². The first-order valence-electron chi connectivity index (χ1n) is 9.18. The molecule has 1 aromatic rings. The summed E-state index contributed by atoms with van der Waals surface area (Å²) in [6.45, 7) is 5.19. The molecule has 2 fully saturated rings. The predicted octanol–water partition coefficient (Wildman–Crippen LogP) is 2.09. The van der Waals surface area contributed by atoms with Crippen LogP contribution >= 0.6 is 24.8 Å². The maximum atomic E-state index is 13.8. The number of carbonyl (C=O) groups excluding carboxylic acids is 1. The molecule has 2 heterocycles. The SMILES string of the molecule is COc1ccc(CN2CCN(C(=O)C3(OC)CCNCC3)CC2)cc1F.Cl.Cl. The van der Waals surface area contributed by atoms with Crippen LogP contribution in [-0.4, -0.2) is 74.8 Å². The fourth-order valence-corrected chi connectivity index (χ4v) is 3.80. The minimum absolute atomic E-state index is 0. The third-order valence-corrected chi connectivity index (χ3v) is 5.47. The molecule has 1 amide bonds. The summed E-state index contributed by atoms with van der Waals surface area (Å²) in [6.07, 6.45) is 1.43. The van der Waals surface area contributed by atoms with Gasteiger partial charge in [0, 0.05) is 39.8 Å². The minimum atomic E-state index is -0.674. The molecule has 2 aliphatic heterocycles. The van der Waals surface area contributed by atoms with Gasteiger partial charge in [0.1, 0.15) is 5.60 Å². The fraction of sp³-hybridized carbons (Fsp3) is 0.632. The number of methoxy groups -OCH3 is 2. The molecule has 160 valence electrons. The number of nitrogens with one attached hydrogen (secondary N) is 1. The van der Waals surface area contributed by atoms with Crippen molar-refractivity contribution in [1.29, 1.82) is 0 Å². The van der Waals surface area contributed by atoms with Gasteiger partial charge in [0.15, 0.2) is 11.6 Å². The molecule has 3 rings (SSSR count). The molecule has 0 unspecified atom stereocenters. The van der Waals surface area contributed by atoms with E-state index in [-0.39, 0.29) is 42.3 Å². The molecule has 2 saturated heterocycles. The van der Waals surface area contributed by atoms with Crippen LogP contribution in [0.2, 0.25) is 0 Å².